The molecule has 0 aliphatic heterocycles. The average Bonchev–Trinajstić information content (AvgIpc) is 2.58. The molecule has 1 aromatic carbocycles. The van der Waals surface area contributed by atoms with E-state index in [0.717, 1.165) is 23.8 Å². The maximum atomic E-state index is 13.8. The smallest absolute Gasteiger partial charge is 0.224 e. The van der Waals surface area contributed by atoms with Crippen LogP contribution in [0.3, 0.4) is 0 Å². The summed E-state index contributed by atoms with van der Waals surface area (Å²) in [4.78, 5) is 12.5. The molecule has 2 heterocycles. The van der Waals surface area contributed by atoms with Gasteiger partial charge in [-0.15, -0.1) is 0 Å². The fourth-order valence-corrected chi connectivity index (χ4v) is 2.02. The molecule has 0 bridgehead atoms. The van der Waals surface area contributed by atoms with E-state index in [-0.39, 0.29) is 5.69 Å². The zero-order valence-corrected chi connectivity index (χ0v) is 12.2. The van der Waals surface area contributed by atoms with Gasteiger partial charge in [0.05, 0.1) is 11.4 Å². The Kier molecular flexibility index (Phi) is 4.09. The van der Waals surface area contributed by atoms with Crippen LogP contribution in [-0.4, -0.2) is 22.0 Å². The molecule has 0 saturated carbocycles. The third-order valence-corrected chi connectivity index (χ3v) is 3.12. The Morgan fingerprint density at radius 3 is 2.48 bits per heavy atom. The van der Waals surface area contributed by atoms with Crippen LogP contribution >= 0.6 is 0 Å². The van der Waals surface area contributed by atoms with Crippen LogP contribution in [0.2, 0.25) is 0 Å². The van der Waals surface area contributed by atoms with E-state index >= 15 is 0 Å². The number of hydrogen-bond acceptors (Lipinski definition) is 5. The van der Waals surface area contributed by atoms with Crippen LogP contribution in [0.1, 0.15) is 0 Å². The summed E-state index contributed by atoms with van der Waals surface area (Å²) < 4.78 is 27.0. The quantitative estimate of drug-likeness (QED) is 0.770. The summed E-state index contributed by atoms with van der Waals surface area (Å²) in [5.74, 6) is -0.396. The Morgan fingerprint density at radius 1 is 0.957 bits per heavy atom. The van der Waals surface area contributed by atoms with Crippen LogP contribution in [0.15, 0.2) is 48.8 Å². The molecule has 5 nitrogen and oxygen atoms in total. The van der Waals surface area contributed by atoms with Crippen molar-refractivity contribution >= 4 is 17.5 Å². The summed E-state index contributed by atoms with van der Waals surface area (Å²) in [7, 11) is 1.68. The van der Waals surface area contributed by atoms with Crippen molar-refractivity contribution in [3.8, 4) is 11.3 Å². The van der Waals surface area contributed by atoms with Crippen LogP contribution in [0, 0.1) is 11.6 Å². The van der Waals surface area contributed by atoms with Gasteiger partial charge in [-0.2, -0.15) is 4.98 Å². The Bertz CT molecular complexity index is 824. The fraction of sp³-hybridized carbons (Fsp3) is 0.0625. The first-order chi connectivity index (χ1) is 11.2. The van der Waals surface area contributed by atoms with Crippen molar-refractivity contribution in [2.24, 2.45) is 0 Å². The first kappa shape index (κ1) is 14.8. The van der Waals surface area contributed by atoms with Gasteiger partial charge in [0.2, 0.25) is 5.95 Å². The minimum absolute atomic E-state index is 0.00596. The summed E-state index contributed by atoms with van der Waals surface area (Å²) in [6.45, 7) is 0. The summed E-state index contributed by atoms with van der Waals surface area (Å²) in [5.41, 5.74) is 1.47. The normalized spacial score (nSPS) is 10.4. The maximum Gasteiger partial charge on any atom is 0.224 e. The third-order valence-electron chi connectivity index (χ3n) is 3.12. The van der Waals surface area contributed by atoms with Crippen molar-refractivity contribution in [1.82, 2.24) is 15.0 Å². The number of hydrogen-bond donors (Lipinski definition) is 2. The Morgan fingerprint density at radius 2 is 1.74 bits per heavy atom. The lowest BCUT2D eigenvalue weighted by atomic mass is 10.2. The molecule has 0 atom stereocenters. The second-order valence-electron chi connectivity index (χ2n) is 4.70. The van der Waals surface area contributed by atoms with Crippen molar-refractivity contribution in [1.29, 1.82) is 0 Å². The molecular weight excluding hydrogens is 300 g/mol. The van der Waals surface area contributed by atoms with E-state index in [1.54, 1.807) is 37.6 Å². The summed E-state index contributed by atoms with van der Waals surface area (Å²) >= 11 is 0. The molecule has 23 heavy (non-hydrogen) atoms. The van der Waals surface area contributed by atoms with Crippen LogP contribution in [0.25, 0.3) is 11.3 Å². The zero-order valence-electron chi connectivity index (χ0n) is 12.2. The second-order valence-corrected chi connectivity index (χ2v) is 4.70. The highest BCUT2D eigenvalue weighted by Gasteiger charge is 2.09. The van der Waals surface area contributed by atoms with Crippen molar-refractivity contribution in [2.75, 3.05) is 17.7 Å². The lowest BCUT2D eigenvalue weighted by Gasteiger charge is -2.10. The number of nitrogens with zero attached hydrogens (tertiary/aromatic N) is 3. The predicted octanol–water partition coefficient (Wildman–Crippen LogP) is 3.60. The molecule has 3 rings (SSSR count). The average molecular weight is 313 g/mol. The van der Waals surface area contributed by atoms with Gasteiger partial charge in [0.25, 0.3) is 0 Å². The summed E-state index contributed by atoms with van der Waals surface area (Å²) in [5, 5.41) is 5.62. The largest absolute Gasteiger partial charge is 0.357 e. The number of pyridine rings is 1. The number of rotatable bonds is 4. The molecule has 2 aromatic heterocycles. The van der Waals surface area contributed by atoms with Crippen LogP contribution in [-0.2, 0) is 0 Å². The van der Waals surface area contributed by atoms with Gasteiger partial charge in [0, 0.05) is 37.1 Å². The van der Waals surface area contributed by atoms with E-state index < -0.39 is 11.6 Å². The number of aromatic nitrogens is 3. The highest BCUT2D eigenvalue weighted by molar-refractivity contribution is 5.67. The maximum absolute atomic E-state index is 13.8. The Labute approximate surface area is 131 Å². The van der Waals surface area contributed by atoms with Gasteiger partial charge in [-0.3, -0.25) is 4.98 Å². The molecule has 0 aliphatic rings. The molecule has 116 valence electrons. The Balaban J connectivity index is 2.00. The van der Waals surface area contributed by atoms with Gasteiger partial charge in [0.15, 0.2) is 0 Å². The zero-order chi connectivity index (χ0) is 16.2. The van der Waals surface area contributed by atoms with E-state index in [1.807, 2.05) is 0 Å². The minimum Gasteiger partial charge on any atom is -0.357 e. The Hall–Kier alpha value is -3.09. The highest BCUT2D eigenvalue weighted by atomic mass is 19.1. The van der Waals surface area contributed by atoms with Gasteiger partial charge >= 0.3 is 0 Å². The third kappa shape index (κ3) is 3.39. The van der Waals surface area contributed by atoms with Gasteiger partial charge in [-0.25, -0.2) is 13.8 Å². The van der Waals surface area contributed by atoms with E-state index in [0.29, 0.717) is 17.5 Å². The standard InChI is InChI=1S/C16H13F2N5/c1-19-16-22-13(10-4-6-20-7-5-10)9-15(23-16)21-14-8-11(17)2-3-12(14)18/h2-9H,1H3,(H2,19,21,22,23). The highest BCUT2D eigenvalue weighted by Crippen LogP contribution is 2.24. The van der Waals surface area contributed by atoms with Gasteiger partial charge in [0.1, 0.15) is 17.5 Å². The van der Waals surface area contributed by atoms with Gasteiger partial charge < -0.3 is 10.6 Å². The fourth-order valence-electron chi connectivity index (χ4n) is 2.02. The molecule has 0 unspecified atom stereocenters. The second kappa shape index (κ2) is 6.35. The molecule has 3 aromatic rings. The van der Waals surface area contributed by atoms with Crippen molar-refractivity contribution in [2.45, 2.75) is 0 Å². The van der Waals surface area contributed by atoms with Crippen molar-refractivity contribution in [3.05, 3.63) is 60.4 Å². The number of anilines is 3. The molecule has 0 spiro atoms. The molecule has 2 N–H and O–H groups in total. The first-order valence-electron chi connectivity index (χ1n) is 6.85. The van der Waals surface area contributed by atoms with Crippen molar-refractivity contribution in [3.63, 3.8) is 0 Å². The van der Waals surface area contributed by atoms with E-state index in [4.69, 9.17) is 0 Å². The number of halogens is 2. The van der Waals surface area contributed by atoms with Crippen molar-refractivity contribution < 1.29 is 8.78 Å². The van der Waals surface area contributed by atoms with Gasteiger partial charge in [-0.1, -0.05) is 0 Å². The van der Waals surface area contributed by atoms with Crippen LogP contribution in [0.4, 0.5) is 26.2 Å². The molecular formula is C16H13F2N5. The summed E-state index contributed by atoms with van der Waals surface area (Å²) in [6, 6.07) is 8.44. The number of benzene rings is 1. The molecule has 0 fully saturated rings. The molecule has 0 radical (unpaired) electrons. The summed E-state index contributed by atoms with van der Waals surface area (Å²) in [6.07, 6.45) is 3.30. The van der Waals surface area contributed by atoms with Crippen LogP contribution in [0.5, 0.6) is 0 Å². The first-order valence-corrected chi connectivity index (χ1v) is 6.85. The lowest BCUT2D eigenvalue weighted by Crippen LogP contribution is -2.03. The SMILES string of the molecule is CNc1nc(Nc2cc(F)ccc2F)cc(-c2ccncc2)n1. The molecule has 7 heteroatoms. The molecule has 0 amide bonds. The van der Waals surface area contributed by atoms with E-state index in [2.05, 4.69) is 25.6 Å². The lowest BCUT2D eigenvalue weighted by molar-refractivity contribution is 0.603. The number of nitrogens with one attached hydrogen (secondary N) is 2. The predicted molar refractivity (Wildman–Crippen MR) is 84.5 cm³/mol. The topological polar surface area (TPSA) is 62.7 Å². The van der Waals surface area contributed by atoms with E-state index in [1.165, 1.54) is 0 Å². The molecule has 0 aliphatic carbocycles. The molecule has 0 saturated heterocycles. The van der Waals surface area contributed by atoms with E-state index in [9.17, 15) is 8.78 Å². The van der Waals surface area contributed by atoms with Crippen LogP contribution < -0.4 is 10.6 Å². The monoisotopic (exact) mass is 313 g/mol. The van der Waals surface area contributed by atoms with Gasteiger partial charge in [-0.05, 0) is 24.3 Å². The minimum atomic E-state index is -0.568.